The average Bonchev–Trinajstić information content (AvgIpc) is 2.59. The standard InChI is InChI=1S/C19H31N3O2.HI/c1-4-24-18-13-16(9-10-17(18)23-3)8-5-11-21-19(20)22-12-6-7-15(2)14-22;/h9-10,13,15H,4-8,11-12,14H2,1-3H3,(H2,20,21);1H. The lowest BCUT2D eigenvalue weighted by atomic mass is 10.0. The van der Waals surface area contributed by atoms with E-state index in [1.165, 1.54) is 18.4 Å². The molecule has 0 spiro atoms. The van der Waals surface area contributed by atoms with Crippen LogP contribution >= 0.6 is 24.0 Å². The first-order valence-electron chi connectivity index (χ1n) is 8.98. The summed E-state index contributed by atoms with van der Waals surface area (Å²) in [5.41, 5.74) is 7.37. The van der Waals surface area contributed by atoms with E-state index in [2.05, 4.69) is 28.9 Å². The van der Waals surface area contributed by atoms with E-state index in [0.29, 0.717) is 18.5 Å². The highest BCUT2D eigenvalue weighted by Gasteiger charge is 2.17. The number of ether oxygens (including phenoxy) is 2. The minimum absolute atomic E-state index is 0. The molecule has 2 N–H and O–H groups in total. The van der Waals surface area contributed by atoms with E-state index in [1.807, 2.05) is 13.0 Å². The van der Waals surface area contributed by atoms with Crippen molar-refractivity contribution in [3.8, 4) is 11.5 Å². The van der Waals surface area contributed by atoms with Gasteiger partial charge >= 0.3 is 0 Å². The molecule has 1 heterocycles. The Balaban J connectivity index is 0.00000312. The van der Waals surface area contributed by atoms with Crippen molar-refractivity contribution < 1.29 is 9.47 Å². The van der Waals surface area contributed by atoms with Crippen LogP contribution in [0, 0.1) is 5.92 Å². The van der Waals surface area contributed by atoms with Crippen molar-refractivity contribution >= 4 is 29.9 Å². The van der Waals surface area contributed by atoms with Crippen LogP contribution in [0.2, 0.25) is 0 Å². The van der Waals surface area contributed by atoms with Crippen LogP contribution in [-0.2, 0) is 6.42 Å². The maximum absolute atomic E-state index is 6.13. The molecule has 6 heteroatoms. The van der Waals surface area contributed by atoms with Crippen molar-refractivity contribution in [2.45, 2.75) is 39.5 Å². The lowest BCUT2D eigenvalue weighted by Gasteiger charge is -2.31. The molecule has 1 saturated heterocycles. The van der Waals surface area contributed by atoms with Gasteiger partial charge in [-0.05, 0) is 56.2 Å². The first-order chi connectivity index (χ1) is 11.6. The Morgan fingerprint density at radius 2 is 2.16 bits per heavy atom. The number of aliphatic imine (C=N–C) groups is 1. The Morgan fingerprint density at radius 3 is 2.84 bits per heavy atom. The molecule has 1 unspecified atom stereocenters. The third-order valence-electron chi connectivity index (χ3n) is 4.41. The van der Waals surface area contributed by atoms with E-state index in [1.54, 1.807) is 7.11 Å². The van der Waals surface area contributed by atoms with Gasteiger partial charge in [0, 0.05) is 19.6 Å². The summed E-state index contributed by atoms with van der Waals surface area (Å²) in [6.07, 6.45) is 4.44. The number of nitrogens with two attached hydrogens (primary N) is 1. The molecule has 1 aliphatic rings. The highest BCUT2D eigenvalue weighted by Crippen LogP contribution is 2.28. The minimum Gasteiger partial charge on any atom is -0.493 e. The molecule has 0 radical (unpaired) electrons. The smallest absolute Gasteiger partial charge is 0.191 e. The van der Waals surface area contributed by atoms with Crippen LogP contribution in [0.15, 0.2) is 23.2 Å². The second-order valence-electron chi connectivity index (χ2n) is 6.46. The fraction of sp³-hybridized carbons (Fsp3) is 0.632. The summed E-state index contributed by atoms with van der Waals surface area (Å²) >= 11 is 0. The minimum atomic E-state index is 0. The molecule has 1 aromatic carbocycles. The highest BCUT2D eigenvalue weighted by molar-refractivity contribution is 14.0. The van der Waals surface area contributed by atoms with E-state index in [-0.39, 0.29) is 24.0 Å². The van der Waals surface area contributed by atoms with Crippen LogP contribution < -0.4 is 15.2 Å². The van der Waals surface area contributed by atoms with Gasteiger partial charge in [-0.3, -0.25) is 4.99 Å². The number of hydrogen-bond donors (Lipinski definition) is 1. The van der Waals surface area contributed by atoms with Crippen molar-refractivity contribution in [1.29, 1.82) is 0 Å². The maximum Gasteiger partial charge on any atom is 0.191 e. The van der Waals surface area contributed by atoms with Crippen LogP contribution in [-0.4, -0.2) is 44.2 Å². The molecule has 0 aromatic heterocycles. The number of piperidine rings is 1. The summed E-state index contributed by atoms with van der Waals surface area (Å²) in [5, 5.41) is 0. The molecule has 1 fully saturated rings. The van der Waals surface area contributed by atoms with Crippen LogP contribution in [0.5, 0.6) is 11.5 Å². The van der Waals surface area contributed by atoms with E-state index >= 15 is 0 Å². The number of nitrogens with zero attached hydrogens (tertiary/aromatic N) is 2. The molecule has 25 heavy (non-hydrogen) atoms. The predicted molar refractivity (Wildman–Crippen MR) is 114 cm³/mol. The fourth-order valence-corrected chi connectivity index (χ4v) is 3.12. The predicted octanol–water partition coefficient (Wildman–Crippen LogP) is 3.69. The number of halogens is 1. The van der Waals surface area contributed by atoms with Gasteiger partial charge in [0.05, 0.1) is 13.7 Å². The van der Waals surface area contributed by atoms with Gasteiger partial charge in [0.15, 0.2) is 17.5 Å². The molecular formula is C19H32IN3O2. The van der Waals surface area contributed by atoms with Gasteiger partial charge in [-0.15, -0.1) is 24.0 Å². The quantitative estimate of drug-likeness (QED) is 0.291. The summed E-state index contributed by atoms with van der Waals surface area (Å²) in [5.74, 6) is 3.00. The van der Waals surface area contributed by atoms with Crippen molar-refractivity contribution in [3.63, 3.8) is 0 Å². The number of rotatable bonds is 7. The van der Waals surface area contributed by atoms with E-state index in [9.17, 15) is 0 Å². The van der Waals surface area contributed by atoms with Crippen LogP contribution in [0.1, 0.15) is 38.7 Å². The third kappa shape index (κ3) is 6.92. The van der Waals surface area contributed by atoms with Gasteiger partial charge in [0.2, 0.25) is 0 Å². The summed E-state index contributed by atoms with van der Waals surface area (Å²) in [4.78, 5) is 6.77. The van der Waals surface area contributed by atoms with E-state index in [4.69, 9.17) is 15.2 Å². The summed E-state index contributed by atoms with van der Waals surface area (Å²) in [7, 11) is 1.66. The molecule has 0 bridgehead atoms. The third-order valence-corrected chi connectivity index (χ3v) is 4.41. The van der Waals surface area contributed by atoms with Crippen LogP contribution in [0.4, 0.5) is 0 Å². The average molecular weight is 461 g/mol. The highest BCUT2D eigenvalue weighted by atomic mass is 127. The molecule has 0 aliphatic carbocycles. The Kier molecular flexibility index (Phi) is 10.0. The number of likely N-dealkylation sites (tertiary alicyclic amines) is 1. The molecule has 142 valence electrons. The Morgan fingerprint density at radius 1 is 1.36 bits per heavy atom. The van der Waals surface area contributed by atoms with Crippen molar-refractivity contribution in [3.05, 3.63) is 23.8 Å². The van der Waals surface area contributed by atoms with Crippen LogP contribution in [0.3, 0.4) is 0 Å². The maximum atomic E-state index is 6.13. The van der Waals surface area contributed by atoms with Gasteiger partial charge in [0.1, 0.15) is 0 Å². The van der Waals surface area contributed by atoms with E-state index in [0.717, 1.165) is 44.0 Å². The van der Waals surface area contributed by atoms with Gasteiger partial charge < -0.3 is 20.1 Å². The number of guanidine groups is 1. The molecular weight excluding hydrogens is 429 g/mol. The molecule has 1 atom stereocenters. The number of hydrogen-bond acceptors (Lipinski definition) is 3. The number of benzene rings is 1. The molecule has 1 aromatic rings. The zero-order chi connectivity index (χ0) is 17.4. The summed E-state index contributed by atoms with van der Waals surface area (Å²) in [6.45, 7) is 7.72. The first-order valence-corrected chi connectivity index (χ1v) is 8.98. The monoisotopic (exact) mass is 461 g/mol. The zero-order valence-corrected chi connectivity index (χ0v) is 18.0. The molecule has 5 nitrogen and oxygen atoms in total. The second-order valence-corrected chi connectivity index (χ2v) is 6.46. The van der Waals surface area contributed by atoms with Crippen molar-refractivity contribution in [1.82, 2.24) is 4.90 Å². The molecule has 0 amide bonds. The summed E-state index contributed by atoms with van der Waals surface area (Å²) < 4.78 is 10.9. The lowest BCUT2D eigenvalue weighted by Crippen LogP contribution is -2.43. The van der Waals surface area contributed by atoms with Crippen molar-refractivity contribution in [2.24, 2.45) is 16.6 Å². The topological polar surface area (TPSA) is 60.1 Å². The van der Waals surface area contributed by atoms with Gasteiger partial charge in [-0.2, -0.15) is 0 Å². The van der Waals surface area contributed by atoms with Gasteiger partial charge in [0.25, 0.3) is 0 Å². The van der Waals surface area contributed by atoms with Crippen LogP contribution in [0.25, 0.3) is 0 Å². The largest absolute Gasteiger partial charge is 0.493 e. The summed E-state index contributed by atoms with van der Waals surface area (Å²) in [6, 6.07) is 6.11. The Hall–Kier alpha value is -1.18. The zero-order valence-electron chi connectivity index (χ0n) is 15.7. The van der Waals surface area contributed by atoms with Gasteiger partial charge in [-0.25, -0.2) is 0 Å². The van der Waals surface area contributed by atoms with Crippen molar-refractivity contribution in [2.75, 3.05) is 33.4 Å². The van der Waals surface area contributed by atoms with Gasteiger partial charge in [-0.1, -0.05) is 13.0 Å². The molecule has 0 saturated carbocycles. The molecule has 1 aliphatic heterocycles. The second kappa shape index (κ2) is 11.4. The van der Waals surface area contributed by atoms with E-state index < -0.39 is 0 Å². The Labute approximate surface area is 169 Å². The Bertz CT molecular complexity index is 551. The fourth-order valence-electron chi connectivity index (χ4n) is 3.12. The lowest BCUT2D eigenvalue weighted by molar-refractivity contribution is 0.270. The first kappa shape index (κ1) is 21.9. The number of aryl methyl sites for hydroxylation is 1. The SMILES string of the molecule is CCOc1cc(CCCN=C(N)N2CCCC(C)C2)ccc1OC.I. The molecule has 2 rings (SSSR count). The number of methoxy groups -OCH3 is 1. The normalized spacial score (nSPS) is 17.8.